The first-order valence-electron chi connectivity index (χ1n) is 14.9. The summed E-state index contributed by atoms with van der Waals surface area (Å²) in [6.07, 6.45) is 10.4. The molecule has 0 bridgehead atoms. The number of anilines is 1. The molecule has 0 radical (unpaired) electrons. The highest BCUT2D eigenvalue weighted by atomic mass is 32.1. The quantitative estimate of drug-likeness (QED) is 0.215. The zero-order valence-electron chi connectivity index (χ0n) is 24.5. The van der Waals surface area contributed by atoms with E-state index in [-0.39, 0.29) is 29.7 Å². The average molecular weight is 605 g/mol. The molecule has 4 aromatic rings. The Labute approximate surface area is 254 Å². The van der Waals surface area contributed by atoms with E-state index in [1.54, 1.807) is 42.7 Å². The lowest BCUT2D eigenvalue weighted by atomic mass is 9.93. The number of hydrogen-bond acceptors (Lipinski definition) is 6. The average Bonchev–Trinajstić information content (AvgIpc) is 3.35. The van der Waals surface area contributed by atoms with Crippen LogP contribution in [0, 0.1) is 5.82 Å². The van der Waals surface area contributed by atoms with Crippen LogP contribution < -0.4 is 10.6 Å². The Morgan fingerprint density at radius 1 is 1.09 bits per heavy atom. The molecule has 3 amide bonds. The maximum Gasteiger partial charge on any atom is 0.319 e. The van der Waals surface area contributed by atoms with E-state index in [1.165, 1.54) is 11.6 Å². The van der Waals surface area contributed by atoms with Gasteiger partial charge in [-0.1, -0.05) is 6.07 Å². The molecule has 226 valence electrons. The molecule has 3 aromatic heterocycles. The van der Waals surface area contributed by atoms with Crippen LogP contribution in [0.25, 0.3) is 20.8 Å². The molecule has 2 saturated carbocycles. The summed E-state index contributed by atoms with van der Waals surface area (Å²) in [7, 11) is 1.63. The number of amides is 3. The monoisotopic (exact) mass is 604 g/mol. The fraction of sp³-hybridized carbons (Fsp3) is 0.438. The highest BCUT2D eigenvalue weighted by Crippen LogP contribution is 2.47. The number of fused-ring (bicyclic) bond motifs is 1. The standard InChI is InChI=1S/C32H37FN6O3S/c1-20(40)39(13-14-42-2)12-11-38-18-29(35-19-38)30-17-28-31(43-30)26(9-10-34-28)22-4-3-21(15-22)25-8-7-24(16-27(25)33)37-32(41)36-23-5-6-23/h7-10,16-19,21-23H,3-6,11-15H2,1-2H3,(H2,36,37,41)/t21?,22-/m0/s1. The minimum Gasteiger partial charge on any atom is -0.383 e. The summed E-state index contributed by atoms with van der Waals surface area (Å²) in [6.45, 7) is 3.88. The Bertz CT molecular complexity index is 1620. The zero-order chi connectivity index (χ0) is 29.9. The maximum absolute atomic E-state index is 15.2. The van der Waals surface area contributed by atoms with Crippen molar-refractivity contribution in [2.45, 2.75) is 63.5 Å². The Morgan fingerprint density at radius 3 is 2.65 bits per heavy atom. The van der Waals surface area contributed by atoms with Crippen LogP contribution in [0.15, 0.2) is 49.1 Å². The van der Waals surface area contributed by atoms with Gasteiger partial charge in [-0.2, -0.15) is 0 Å². The number of imidazole rings is 1. The molecule has 1 unspecified atom stereocenters. The molecule has 2 aliphatic carbocycles. The lowest BCUT2D eigenvalue weighted by Crippen LogP contribution is -2.34. The summed E-state index contributed by atoms with van der Waals surface area (Å²) in [5.41, 5.74) is 4.27. The molecule has 43 heavy (non-hydrogen) atoms. The zero-order valence-corrected chi connectivity index (χ0v) is 25.3. The molecule has 1 aromatic carbocycles. The van der Waals surface area contributed by atoms with Crippen LogP contribution in [-0.4, -0.2) is 64.2 Å². The number of urea groups is 1. The van der Waals surface area contributed by atoms with Gasteiger partial charge in [0.05, 0.1) is 33.7 Å². The first-order valence-corrected chi connectivity index (χ1v) is 15.7. The van der Waals surface area contributed by atoms with E-state index in [9.17, 15) is 9.59 Å². The first-order chi connectivity index (χ1) is 20.9. The minimum absolute atomic E-state index is 0.0274. The second-order valence-corrected chi connectivity index (χ2v) is 12.6. The van der Waals surface area contributed by atoms with Gasteiger partial charge in [0.2, 0.25) is 5.91 Å². The summed E-state index contributed by atoms with van der Waals surface area (Å²) < 4.78 is 23.5. The fourth-order valence-corrected chi connectivity index (χ4v) is 7.11. The van der Waals surface area contributed by atoms with Crippen molar-refractivity contribution in [2.75, 3.05) is 32.1 Å². The molecule has 9 nitrogen and oxygen atoms in total. The number of nitrogens with zero attached hydrogens (tertiary/aromatic N) is 4. The third kappa shape index (κ3) is 6.88. The lowest BCUT2D eigenvalue weighted by Gasteiger charge is -2.20. The fourth-order valence-electron chi connectivity index (χ4n) is 5.94. The number of ether oxygens (including phenoxy) is 1. The largest absolute Gasteiger partial charge is 0.383 e. The van der Waals surface area contributed by atoms with Gasteiger partial charge in [-0.25, -0.2) is 14.2 Å². The number of thiophene rings is 1. The Hall–Kier alpha value is -3.83. The van der Waals surface area contributed by atoms with Crippen LogP contribution in [0.4, 0.5) is 14.9 Å². The Morgan fingerprint density at radius 2 is 1.91 bits per heavy atom. The lowest BCUT2D eigenvalue weighted by molar-refractivity contribution is -0.129. The van der Waals surface area contributed by atoms with Gasteiger partial charge in [-0.05, 0) is 79.3 Å². The molecule has 2 N–H and O–H groups in total. The van der Waals surface area contributed by atoms with Gasteiger partial charge in [0.15, 0.2) is 0 Å². The second-order valence-electron chi connectivity index (χ2n) is 11.5. The number of hydrogen-bond donors (Lipinski definition) is 2. The second kappa shape index (κ2) is 12.8. The number of pyridine rings is 1. The molecule has 0 spiro atoms. The maximum atomic E-state index is 15.2. The van der Waals surface area contributed by atoms with E-state index in [4.69, 9.17) is 4.74 Å². The van der Waals surface area contributed by atoms with Crippen molar-refractivity contribution in [2.24, 2.45) is 0 Å². The molecule has 0 aliphatic heterocycles. The number of carbonyl (C=O) groups excluding carboxylic acids is 2. The number of rotatable bonds is 11. The first kappa shape index (κ1) is 29.3. The predicted octanol–water partition coefficient (Wildman–Crippen LogP) is 6.13. The van der Waals surface area contributed by atoms with Gasteiger partial charge in [0, 0.05) is 57.8 Å². The van der Waals surface area contributed by atoms with Crippen LogP contribution in [-0.2, 0) is 16.1 Å². The predicted molar refractivity (Wildman–Crippen MR) is 166 cm³/mol. The minimum atomic E-state index is -0.281. The van der Waals surface area contributed by atoms with E-state index < -0.39 is 0 Å². The van der Waals surface area contributed by atoms with Crippen molar-refractivity contribution >= 4 is 39.2 Å². The number of nitrogens with one attached hydrogen (secondary N) is 2. The molecule has 2 fully saturated rings. The highest BCUT2D eigenvalue weighted by Gasteiger charge is 2.31. The molecule has 6 rings (SSSR count). The van der Waals surface area contributed by atoms with E-state index in [0.717, 1.165) is 52.9 Å². The van der Waals surface area contributed by atoms with Crippen molar-refractivity contribution < 1.29 is 18.7 Å². The van der Waals surface area contributed by atoms with Crippen molar-refractivity contribution in [3.63, 3.8) is 0 Å². The van der Waals surface area contributed by atoms with Crippen LogP contribution in [0.5, 0.6) is 0 Å². The van der Waals surface area contributed by atoms with E-state index >= 15 is 4.39 Å². The molecule has 3 heterocycles. The van der Waals surface area contributed by atoms with Gasteiger partial charge >= 0.3 is 6.03 Å². The third-order valence-corrected chi connectivity index (χ3v) is 9.65. The Balaban J connectivity index is 1.12. The van der Waals surface area contributed by atoms with Gasteiger partial charge in [-0.15, -0.1) is 11.3 Å². The molecule has 2 aliphatic rings. The third-order valence-electron chi connectivity index (χ3n) is 8.45. The summed E-state index contributed by atoms with van der Waals surface area (Å²) in [5.74, 6) is 0.190. The summed E-state index contributed by atoms with van der Waals surface area (Å²) in [5, 5.41) is 5.61. The smallest absolute Gasteiger partial charge is 0.319 e. The van der Waals surface area contributed by atoms with E-state index in [1.807, 2.05) is 23.0 Å². The topological polar surface area (TPSA) is 101 Å². The Kier molecular flexibility index (Phi) is 8.71. The van der Waals surface area contributed by atoms with Gasteiger partial charge in [0.1, 0.15) is 5.82 Å². The summed E-state index contributed by atoms with van der Waals surface area (Å²) >= 11 is 1.69. The van der Waals surface area contributed by atoms with E-state index in [0.29, 0.717) is 43.4 Å². The summed E-state index contributed by atoms with van der Waals surface area (Å²) in [6, 6.07) is 9.21. The van der Waals surface area contributed by atoms with E-state index in [2.05, 4.69) is 32.7 Å². The van der Waals surface area contributed by atoms with Crippen molar-refractivity contribution in [3.05, 3.63) is 66.0 Å². The van der Waals surface area contributed by atoms with Gasteiger partial charge in [-0.3, -0.25) is 9.78 Å². The van der Waals surface area contributed by atoms with Crippen LogP contribution >= 0.6 is 11.3 Å². The number of carbonyl (C=O) groups is 2. The SMILES string of the molecule is COCCN(CCn1cnc(-c2cc3nccc([C@H]4CCC(c5ccc(NC(=O)NC6CC6)cc5F)C4)c3s2)c1)C(C)=O. The molecular formula is C32H37FN6O3S. The van der Waals surface area contributed by atoms with Crippen molar-refractivity contribution in [1.29, 1.82) is 0 Å². The number of aromatic nitrogens is 3. The van der Waals surface area contributed by atoms with Crippen molar-refractivity contribution in [3.8, 4) is 10.6 Å². The molecule has 0 saturated heterocycles. The van der Waals surface area contributed by atoms with Gasteiger partial charge < -0.3 is 24.8 Å². The highest BCUT2D eigenvalue weighted by molar-refractivity contribution is 7.22. The van der Waals surface area contributed by atoms with Crippen molar-refractivity contribution in [1.82, 2.24) is 24.8 Å². The number of methoxy groups -OCH3 is 1. The van der Waals surface area contributed by atoms with Gasteiger partial charge in [0.25, 0.3) is 0 Å². The van der Waals surface area contributed by atoms with Crippen LogP contribution in [0.1, 0.15) is 62.0 Å². The molecular weight excluding hydrogens is 567 g/mol. The number of benzene rings is 1. The number of halogens is 1. The molecule has 2 atom stereocenters. The molecule has 11 heteroatoms. The summed E-state index contributed by atoms with van der Waals surface area (Å²) in [4.78, 5) is 36.1. The van der Waals surface area contributed by atoms with Crippen LogP contribution in [0.2, 0.25) is 0 Å². The van der Waals surface area contributed by atoms with Crippen LogP contribution in [0.3, 0.4) is 0 Å². The normalized spacial score (nSPS) is 18.2.